The van der Waals surface area contributed by atoms with Crippen molar-refractivity contribution in [2.45, 2.75) is 40.0 Å². The summed E-state index contributed by atoms with van der Waals surface area (Å²) in [6, 6.07) is 15.2. The molecule has 116 valence electrons. The quantitative estimate of drug-likeness (QED) is 0.712. The van der Waals surface area contributed by atoms with E-state index in [0.717, 1.165) is 12.8 Å². The molecule has 0 amide bonds. The first kappa shape index (κ1) is 16.3. The molecule has 0 unspecified atom stereocenters. The molecule has 0 spiro atoms. The summed E-state index contributed by atoms with van der Waals surface area (Å²) in [6.07, 6.45) is 2.24. The number of aryl methyl sites for hydroxylation is 3. The van der Waals surface area contributed by atoms with Gasteiger partial charge in [0, 0.05) is 6.42 Å². The molecule has 0 aliphatic heterocycles. The van der Waals surface area contributed by atoms with Crippen molar-refractivity contribution in [1.29, 1.82) is 0 Å². The average Bonchev–Trinajstić information content (AvgIpc) is 2.47. The van der Waals surface area contributed by atoms with E-state index in [1.54, 1.807) is 0 Å². The van der Waals surface area contributed by atoms with Crippen LogP contribution in [0, 0.1) is 13.8 Å². The molecular weight excluding hydrogens is 272 g/mol. The maximum Gasteiger partial charge on any atom is 0.305 e. The molecule has 0 N–H and O–H groups in total. The fraction of sp³-hybridized carbons (Fsp3) is 0.350. The van der Waals surface area contributed by atoms with Crippen LogP contribution >= 0.6 is 0 Å². The highest BCUT2D eigenvalue weighted by molar-refractivity contribution is 5.69. The number of hydrogen-bond acceptors (Lipinski definition) is 2. The van der Waals surface area contributed by atoms with Gasteiger partial charge in [0.25, 0.3) is 0 Å². The van der Waals surface area contributed by atoms with Crippen molar-refractivity contribution < 1.29 is 9.53 Å². The molecule has 0 saturated heterocycles. The van der Waals surface area contributed by atoms with Crippen molar-refractivity contribution in [2.24, 2.45) is 0 Å². The molecular formula is C20H24O2. The highest BCUT2D eigenvalue weighted by atomic mass is 16.5. The molecule has 2 aromatic carbocycles. The third kappa shape index (κ3) is 4.73. The SMILES string of the molecule is CCOC(=O)CCCc1ccc(-c2cc(C)cc(C)c2)cc1. The minimum absolute atomic E-state index is 0.102. The van der Waals surface area contributed by atoms with Gasteiger partial charge in [-0.25, -0.2) is 0 Å². The lowest BCUT2D eigenvalue weighted by Crippen LogP contribution is -2.03. The molecule has 0 aliphatic carbocycles. The van der Waals surface area contributed by atoms with Crippen LogP contribution in [0.1, 0.15) is 36.5 Å². The fourth-order valence-corrected chi connectivity index (χ4v) is 2.68. The van der Waals surface area contributed by atoms with Crippen LogP contribution in [0.3, 0.4) is 0 Å². The van der Waals surface area contributed by atoms with Crippen LogP contribution < -0.4 is 0 Å². The molecule has 2 rings (SSSR count). The average molecular weight is 296 g/mol. The standard InChI is InChI=1S/C20H24O2/c1-4-22-20(21)7-5-6-17-8-10-18(11-9-17)19-13-15(2)12-16(3)14-19/h8-14H,4-7H2,1-3H3. The number of carbonyl (C=O) groups excluding carboxylic acids is 1. The molecule has 0 aliphatic rings. The Labute approximate surface area is 133 Å². The molecule has 22 heavy (non-hydrogen) atoms. The maximum absolute atomic E-state index is 11.3. The second kappa shape index (κ2) is 7.79. The van der Waals surface area contributed by atoms with E-state index in [1.807, 2.05) is 6.92 Å². The number of hydrogen-bond donors (Lipinski definition) is 0. The first-order chi connectivity index (χ1) is 10.6. The van der Waals surface area contributed by atoms with E-state index in [-0.39, 0.29) is 5.97 Å². The minimum atomic E-state index is -0.102. The smallest absolute Gasteiger partial charge is 0.305 e. The predicted octanol–water partition coefficient (Wildman–Crippen LogP) is 4.86. The zero-order chi connectivity index (χ0) is 15.9. The number of benzene rings is 2. The number of carbonyl (C=O) groups is 1. The zero-order valence-electron chi connectivity index (χ0n) is 13.7. The van der Waals surface area contributed by atoms with Gasteiger partial charge >= 0.3 is 5.97 Å². The Hall–Kier alpha value is -2.09. The van der Waals surface area contributed by atoms with Crippen LogP contribution in [0.5, 0.6) is 0 Å². The Kier molecular flexibility index (Phi) is 5.76. The van der Waals surface area contributed by atoms with Gasteiger partial charge in [-0.05, 0) is 50.3 Å². The number of ether oxygens (including phenoxy) is 1. The summed E-state index contributed by atoms with van der Waals surface area (Å²) in [5, 5.41) is 0. The predicted molar refractivity (Wildman–Crippen MR) is 90.9 cm³/mol. The van der Waals surface area contributed by atoms with Crippen molar-refractivity contribution in [3.63, 3.8) is 0 Å². The van der Waals surface area contributed by atoms with Gasteiger partial charge in [0.1, 0.15) is 0 Å². The molecule has 0 fully saturated rings. The first-order valence-electron chi connectivity index (χ1n) is 7.91. The summed E-state index contributed by atoms with van der Waals surface area (Å²) >= 11 is 0. The summed E-state index contributed by atoms with van der Waals surface area (Å²) in [6.45, 7) is 6.55. The number of rotatable bonds is 6. The number of esters is 1. The topological polar surface area (TPSA) is 26.3 Å². The van der Waals surface area contributed by atoms with E-state index in [4.69, 9.17) is 4.74 Å². The fourth-order valence-electron chi connectivity index (χ4n) is 2.68. The van der Waals surface area contributed by atoms with E-state index < -0.39 is 0 Å². The van der Waals surface area contributed by atoms with Gasteiger partial charge < -0.3 is 4.74 Å². The Morgan fingerprint density at radius 2 is 1.59 bits per heavy atom. The molecule has 0 radical (unpaired) electrons. The Morgan fingerprint density at radius 1 is 0.955 bits per heavy atom. The van der Waals surface area contributed by atoms with Crippen molar-refractivity contribution in [1.82, 2.24) is 0 Å². The summed E-state index contributed by atoms with van der Waals surface area (Å²) in [4.78, 5) is 11.3. The summed E-state index contributed by atoms with van der Waals surface area (Å²) in [7, 11) is 0. The third-order valence-corrected chi connectivity index (χ3v) is 3.66. The van der Waals surface area contributed by atoms with Gasteiger partial charge in [0.2, 0.25) is 0 Å². The molecule has 0 saturated carbocycles. The normalized spacial score (nSPS) is 10.5. The van der Waals surface area contributed by atoms with E-state index in [0.29, 0.717) is 13.0 Å². The maximum atomic E-state index is 11.3. The van der Waals surface area contributed by atoms with E-state index in [2.05, 4.69) is 56.3 Å². The van der Waals surface area contributed by atoms with Crippen LogP contribution in [-0.2, 0) is 16.0 Å². The van der Waals surface area contributed by atoms with Crippen LogP contribution in [0.15, 0.2) is 42.5 Å². The van der Waals surface area contributed by atoms with Crippen LogP contribution in [0.4, 0.5) is 0 Å². The second-order valence-electron chi connectivity index (χ2n) is 5.73. The Bertz CT molecular complexity index is 606. The summed E-state index contributed by atoms with van der Waals surface area (Å²) in [5.74, 6) is -0.102. The molecule has 0 aromatic heterocycles. The van der Waals surface area contributed by atoms with Crippen LogP contribution in [-0.4, -0.2) is 12.6 Å². The first-order valence-corrected chi connectivity index (χ1v) is 7.91. The highest BCUT2D eigenvalue weighted by Crippen LogP contribution is 2.23. The van der Waals surface area contributed by atoms with Gasteiger partial charge in [0.15, 0.2) is 0 Å². The Balaban J connectivity index is 1.97. The third-order valence-electron chi connectivity index (χ3n) is 3.66. The van der Waals surface area contributed by atoms with Gasteiger partial charge in [-0.2, -0.15) is 0 Å². The monoisotopic (exact) mass is 296 g/mol. The Morgan fingerprint density at radius 3 is 2.18 bits per heavy atom. The van der Waals surface area contributed by atoms with E-state index in [9.17, 15) is 4.79 Å². The van der Waals surface area contributed by atoms with Crippen LogP contribution in [0.25, 0.3) is 11.1 Å². The molecule has 0 bridgehead atoms. The molecule has 2 aromatic rings. The van der Waals surface area contributed by atoms with E-state index >= 15 is 0 Å². The molecule has 0 atom stereocenters. The van der Waals surface area contributed by atoms with Crippen molar-refractivity contribution >= 4 is 5.97 Å². The summed E-state index contributed by atoms with van der Waals surface area (Å²) in [5.41, 5.74) is 6.33. The second-order valence-corrected chi connectivity index (χ2v) is 5.73. The summed E-state index contributed by atoms with van der Waals surface area (Å²) < 4.78 is 4.94. The van der Waals surface area contributed by atoms with Gasteiger partial charge in [-0.15, -0.1) is 0 Å². The van der Waals surface area contributed by atoms with Crippen molar-refractivity contribution in [2.75, 3.05) is 6.61 Å². The highest BCUT2D eigenvalue weighted by Gasteiger charge is 2.03. The van der Waals surface area contributed by atoms with Crippen molar-refractivity contribution in [3.8, 4) is 11.1 Å². The van der Waals surface area contributed by atoms with E-state index in [1.165, 1.54) is 27.8 Å². The molecule has 2 heteroatoms. The molecule has 0 heterocycles. The lowest BCUT2D eigenvalue weighted by atomic mass is 9.99. The zero-order valence-corrected chi connectivity index (χ0v) is 13.7. The van der Waals surface area contributed by atoms with Crippen molar-refractivity contribution in [3.05, 3.63) is 59.2 Å². The minimum Gasteiger partial charge on any atom is -0.466 e. The lowest BCUT2D eigenvalue weighted by molar-refractivity contribution is -0.143. The van der Waals surface area contributed by atoms with Gasteiger partial charge in [-0.3, -0.25) is 4.79 Å². The lowest BCUT2D eigenvalue weighted by Gasteiger charge is -2.07. The van der Waals surface area contributed by atoms with Gasteiger partial charge in [-0.1, -0.05) is 53.6 Å². The largest absolute Gasteiger partial charge is 0.466 e. The van der Waals surface area contributed by atoms with Gasteiger partial charge in [0.05, 0.1) is 6.61 Å². The molecule has 2 nitrogen and oxygen atoms in total. The van der Waals surface area contributed by atoms with Crippen LogP contribution in [0.2, 0.25) is 0 Å².